The van der Waals surface area contributed by atoms with Crippen LogP contribution in [0.25, 0.3) is 10.9 Å². The summed E-state index contributed by atoms with van der Waals surface area (Å²) in [6, 6.07) is 7.82. The van der Waals surface area contributed by atoms with Gasteiger partial charge in [0.15, 0.2) is 11.6 Å². The number of aromatic nitrogens is 2. The number of hydrogen-bond acceptors (Lipinski definition) is 4. The van der Waals surface area contributed by atoms with Gasteiger partial charge >= 0.3 is 11.8 Å². The van der Waals surface area contributed by atoms with Crippen LogP contribution < -0.4 is 16.0 Å². The molecule has 30 heavy (non-hydrogen) atoms. The van der Waals surface area contributed by atoms with Crippen LogP contribution in [0.2, 0.25) is 0 Å². The Bertz CT molecular complexity index is 1060. The SMILES string of the molecule is O=C(Nc1c[nH]c2cc(F)c(F)cc12)C(=O)NC1CCC(Nc2ccccn2)CC1. The summed E-state index contributed by atoms with van der Waals surface area (Å²) in [5, 5.41) is 8.85. The summed E-state index contributed by atoms with van der Waals surface area (Å²) in [5.74, 6) is -2.81. The first-order valence-corrected chi connectivity index (χ1v) is 9.75. The Balaban J connectivity index is 1.29. The van der Waals surface area contributed by atoms with Crippen LogP contribution in [0.1, 0.15) is 25.7 Å². The molecule has 156 valence electrons. The van der Waals surface area contributed by atoms with Gasteiger partial charge in [0.05, 0.1) is 11.2 Å². The smallest absolute Gasteiger partial charge is 0.313 e. The van der Waals surface area contributed by atoms with E-state index in [9.17, 15) is 18.4 Å². The molecular formula is C21H21F2N5O2. The highest BCUT2D eigenvalue weighted by molar-refractivity contribution is 6.40. The van der Waals surface area contributed by atoms with Crippen molar-refractivity contribution in [2.45, 2.75) is 37.8 Å². The summed E-state index contributed by atoms with van der Waals surface area (Å²) in [7, 11) is 0. The van der Waals surface area contributed by atoms with Crippen molar-refractivity contribution in [2.24, 2.45) is 0 Å². The maximum absolute atomic E-state index is 13.5. The van der Waals surface area contributed by atoms with E-state index >= 15 is 0 Å². The van der Waals surface area contributed by atoms with Crippen LogP contribution in [0, 0.1) is 11.6 Å². The monoisotopic (exact) mass is 413 g/mol. The molecule has 0 bridgehead atoms. The summed E-state index contributed by atoms with van der Waals surface area (Å²) in [6.45, 7) is 0. The fourth-order valence-corrected chi connectivity index (χ4v) is 3.69. The molecule has 0 aliphatic heterocycles. The van der Waals surface area contributed by atoms with E-state index in [1.807, 2.05) is 18.2 Å². The summed E-state index contributed by atoms with van der Waals surface area (Å²) >= 11 is 0. The number of fused-ring (bicyclic) bond motifs is 1. The predicted molar refractivity (Wildman–Crippen MR) is 109 cm³/mol. The van der Waals surface area contributed by atoms with Gasteiger partial charge in [-0.3, -0.25) is 9.59 Å². The van der Waals surface area contributed by atoms with E-state index in [0.29, 0.717) is 5.52 Å². The molecule has 0 spiro atoms. The molecule has 2 aromatic heterocycles. The van der Waals surface area contributed by atoms with Crippen LogP contribution in [0.15, 0.2) is 42.7 Å². The minimum Gasteiger partial charge on any atom is -0.367 e. The third-order valence-electron chi connectivity index (χ3n) is 5.26. The summed E-state index contributed by atoms with van der Waals surface area (Å²) in [4.78, 5) is 31.5. The number of anilines is 2. The predicted octanol–water partition coefficient (Wildman–Crippen LogP) is 3.32. The van der Waals surface area contributed by atoms with Crippen molar-refractivity contribution in [3.8, 4) is 0 Å². The van der Waals surface area contributed by atoms with E-state index < -0.39 is 23.4 Å². The molecule has 0 unspecified atom stereocenters. The first-order valence-electron chi connectivity index (χ1n) is 9.75. The maximum atomic E-state index is 13.5. The standard InChI is InChI=1S/C21H21F2N5O2/c22-15-9-14-17(10-16(15)23)25-11-18(14)28-21(30)20(29)27-13-6-4-12(5-7-13)26-19-3-1-2-8-24-19/h1-3,8-13,25H,4-7H2,(H,24,26)(H,27,29)(H,28,30). The molecule has 9 heteroatoms. The topological polar surface area (TPSA) is 98.9 Å². The first-order chi connectivity index (χ1) is 14.5. The van der Waals surface area contributed by atoms with Gasteiger partial charge < -0.3 is 20.9 Å². The van der Waals surface area contributed by atoms with Crippen molar-refractivity contribution in [3.05, 3.63) is 54.4 Å². The van der Waals surface area contributed by atoms with E-state index in [2.05, 4.69) is 25.9 Å². The van der Waals surface area contributed by atoms with Crippen LogP contribution in [-0.2, 0) is 9.59 Å². The van der Waals surface area contributed by atoms with Gasteiger partial charge in [-0.1, -0.05) is 6.07 Å². The van der Waals surface area contributed by atoms with Gasteiger partial charge in [-0.2, -0.15) is 0 Å². The molecule has 0 atom stereocenters. The van der Waals surface area contributed by atoms with Crippen molar-refractivity contribution in [1.82, 2.24) is 15.3 Å². The molecule has 4 rings (SSSR count). The molecule has 1 aliphatic rings. The maximum Gasteiger partial charge on any atom is 0.313 e. The fraction of sp³-hybridized carbons (Fsp3) is 0.286. The van der Waals surface area contributed by atoms with Crippen LogP contribution in [-0.4, -0.2) is 33.9 Å². The largest absolute Gasteiger partial charge is 0.367 e. The molecule has 4 N–H and O–H groups in total. The number of hydrogen-bond donors (Lipinski definition) is 4. The Morgan fingerprint density at radius 3 is 2.47 bits per heavy atom. The zero-order valence-electron chi connectivity index (χ0n) is 16.0. The Morgan fingerprint density at radius 2 is 1.73 bits per heavy atom. The molecule has 0 radical (unpaired) electrons. The number of aromatic amines is 1. The molecule has 2 heterocycles. The van der Waals surface area contributed by atoms with Gasteiger partial charge in [-0.15, -0.1) is 0 Å². The summed E-state index contributed by atoms with van der Waals surface area (Å²) in [6.07, 6.45) is 6.28. The number of halogens is 2. The lowest BCUT2D eigenvalue weighted by molar-refractivity contribution is -0.136. The number of carbonyl (C=O) groups is 2. The molecule has 3 aromatic rings. The molecule has 2 amide bonds. The van der Waals surface area contributed by atoms with E-state index in [1.54, 1.807) is 6.20 Å². The molecule has 1 aromatic carbocycles. The average molecular weight is 413 g/mol. The highest BCUT2D eigenvalue weighted by Crippen LogP contribution is 2.26. The lowest BCUT2D eigenvalue weighted by Gasteiger charge is -2.29. The molecule has 0 saturated heterocycles. The minimum atomic E-state index is -1.03. The number of pyridine rings is 1. The lowest BCUT2D eigenvalue weighted by Crippen LogP contribution is -2.44. The number of H-pyrrole nitrogens is 1. The number of rotatable bonds is 4. The van der Waals surface area contributed by atoms with Crippen molar-refractivity contribution < 1.29 is 18.4 Å². The minimum absolute atomic E-state index is 0.0976. The zero-order valence-corrected chi connectivity index (χ0v) is 16.0. The third-order valence-corrected chi connectivity index (χ3v) is 5.26. The van der Waals surface area contributed by atoms with Gasteiger partial charge in [-0.05, 0) is 43.9 Å². The lowest BCUT2D eigenvalue weighted by atomic mass is 9.91. The van der Waals surface area contributed by atoms with Gasteiger partial charge in [-0.25, -0.2) is 13.8 Å². The number of nitrogens with one attached hydrogen (secondary N) is 4. The highest BCUT2D eigenvalue weighted by atomic mass is 19.2. The van der Waals surface area contributed by atoms with Crippen LogP contribution >= 0.6 is 0 Å². The van der Waals surface area contributed by atoms with Crippen molar-refractivity contribution in [2.75, 3.05) is 10.6 Å². The Morgan fingerprint density at radius 1 is 1.00 bits per heavy atom. The number of nitrogens with zero attached hydrogens (tertiary/aromatic N) is 1. The van der Waals surface area contributed by atoms with Crippen molar-refractivity contribution >= 4 is 34.2 Å². The quantitative estimate of drug-likeness (QED) is 0.493. The number of benzene rings is 1. The zero-order chi connectivity index (χ0) is 21.1. The first kappa shape index (κ1) is 19.8. The second-order valence-corrected chi connectivity index (χ2v) is 7.35. The molecule has 1 fully saturated rings. The van der Waals surface area contributed by atoms with E-state index in [4.69, 9.17) is 0 Å². The van der Waals surface area contributed by atoms with Crippen LogP contribution in [0.3, 0.4) is 0 Å². The van der Waals surface area contributed by atoms with Gasteiger partial charge in [0, 0.05) is 35.9 Å². The Kier molecular flexibility index (Phi) is 5.60. The highest BCUT2D eigenvalue weighted by Gasteiger charge is 2.25. The average Bonchev–Trinajstić information content (AvgIpc) is 3.12. The van der Waals surface area contributed by atoms with Crippen LogP contribution in [0.4, 0.5) is 20.3 Å². The second-order valence-electron chi connectivity index (χ2n) is 7.35. The Labute approximate surface area is 171 Å². The number of amides is 2. The van der Waals surface area contributed by atoms with E-state index in [-0.39, 0.29) is 23.2 Å². The molecule has 7 nitrogen and oxygen atoms in total. The third kappa shape index (κ3) is 4.40. The van der Waals surface area contributed by atoms with Gasteiger partial charge in [0.1, 0.15) is 5.82 Å². The molecule has 1 saturated carbocycles. The second kappa shape index (κ2) is 8.48. The van der Waals surface area contributed by atoms with Crippen LogP contribution in [0.5, 0.6) is 0 Å². The van der Waals surface area contributed by atoms with E-state index in [0.717, 1.165) is 43.6 Å². The van der Waals surface area contributed by atoms with E-state index in [1.165, 1.54) is 6.20 Å². The number of carbonyl (C=O) groups excluding carboxylic acids is 2. The Hall–Kier alpha value is -3.49. The van der Waals surface area contributed by atoms with Crippen molar-refractivity contribution in [1.29, 1.82) is 0 Å². The molecule has 1 aliphatic carbocycles. The van der Waals surface area contributed by atoms with Crippen molar-refractivity contribution in [3.63, 3.8) is 0 Å². The summed E-state index contributed by atoms with van der Waals surface area (Å²) < 4.78 is 26.8. The fourth-order valence-electron chi connectivity index (χ4n) is 3.69. The molecular weight excluding hydrogens is 392 g/mol. The normalized spacial score (nSPS) is 18.7. The van der Waals surface area contributed by atoms with Gasteiger partial charge in [0.25, 0.3) is 0 Å². The van der Waals surface area contributed by atoms with Gasteiger partial charge in [0.2, 0.25) is 0 Å². The summed E-state index contributed by atoms with van der Waals surface area (Å²) in [5.41, 5.74) is 0.538.